The van der Waals surface area contributed by atoms with Gasteiger partial charge in [-0.3, -0.25) is 9.36 Å². The van der Waals surface area contributed by atoms with Crippen LogP contribution in [0.15, 0.2) is 41.6 Å². The summed E-state index contributed by atoms with van der Waals surface area (Å²) in [5.74, 6) is 2.77. The number of nitrogens with zero attached hydrogens (tertiary/aromatic N) is 4. The van der Waals surface area contributed by atoms with Crippen LogP contribution in [0.5, 0.6) is 17.2 Å². The Morgan fingerprint density at radius 1 is 0.973 bits per heavy atom. The Morgan fingerprint density at radius 3 is 2.19 bits per heavy atom. The highest BCUT2D eigenvalue weighted by atomic mass is 32.2. The van der Waals surface area contributed by atoms with Crippen molar-refractivity contribution in [3.8, 4) is 34.3 Å². The van der Waals surface area contributed by atoms with Gasteiger partial charge in [0.25, 0.3) is 0 Å². The first-order valence-corrected chi connectivity index (χ1v) is 12.6. The van der Waals surface area contributed by atoms with Crippen LogP contribution in [0.3, 0.4) is 0 Å². The third-order valence-corrected chi connectivity index (χ3v) is 6.34. The highest BCUT2D eigenvalue weighted by Gasteiger charge is 2.24. The molecule has 10 nitrogen and oxygen atoms in total. The molecule has 0 saturated heterocycles. The molecule has 1 aromatic heterocycles. The van der Waals surface area contributed by atoms with Gasteiger partial charge in [0.05, 0.1) is 24.1 Å². The summed E-state index contributed by atoms with van der Waals surface area (Å²) >= 11 is 1.31. The molecule has 200 valence electrons. The van der Waals surface area contributed by atoms with Crippen molar-refractivity contribution in [3.05, 3.63) is 42.0 Å². The fourth-order valence-electron chi connectivity index (χ4n) is 3.45. The fourth-order valence-corrected chi connectivity index (χ4v) is 4.38. The lowest BCUT2D eigenvalue weighted by Crippen LogP contribution is -2.23. The molecule has 1 amide bonds. The van der Waals surface area contributed by atoms with Crippen molar-refractivity contribution in [2.24, 2.45) is 0 Å². The Kier molecular flexibility index (Phi) is 10.2. The Balaban J connectivity index is 2.20. The van der Waals surface area contributed by atoms with Crippen LogP contribution in [-0.2, 0) is 14.3 Å². The summed E-state index contributed by atoms with van der Waals surface area (Å²) in [7, 11) is 8.20. The van der Waals surface area contributed by atoms with E-state index < -0.39 is 0 Å². The van der Waals surface area contributed by atoms with Gasteiger partial charge in [-0.25, -0.2) is 0 Å². The summed E-state index contributed by atoms with van der Waals surface area (Å²) in [6, 6.07) is 11.4. The van der Waals surface area contributed by atoms with E-state index in [2.05, 4.69) is 24.0 Å². The average Bonchev–Trinajstić information content (AvgIpc) is 3.32. The molecule has 0 N–H and O–H groups in total. The minimum atomic E-state index is -0.0262. The normalized spacial score (nSPS) is 11.0. The van der Waals surface area contributed by atoms with Crippen LogP contribution in [0.25, 0.3) is 17.1 Å². The Labute approximate surface area is 221 Å². The summed E-state index contributed by atoms with van der Waals surface area (Å²) in [6.07, 6.45) is 0. The van der Waals surface area contributed by atoms with Crippen molar-refractivity contribution in [2.75, 3.05) is 54.8 Å². The van der Waals surface area contributed by atoms with E-state index >= 15 is 0 Å². The van der Waals surface area contributed by atoms with Crippen LogP contribution in [0.4, 0.5) is 0 Å². The second kappa shape index (κ2) is 13.3. The van der Waals surface area contributed by atoms with Gasteiger partial charge in [-0.15, -0.1) is 10.2 Å². The minimum absolute atomic E-state index is 0.0262. The molecule has 0 radical (unpaired) electrons. The quantitative estimate of drug-likeness (QED) is 0.238. The lowest BCUT2D eigenvalue weighted by Gasteiger charge is -2.19. The van der Waals surface area contributed by atoms with E-state index in [4.69, 9.17) is 23.7 Å². The van der Waals surface area contributed by atoms with Gasteiger partial charge in [-0.1, -0.05) is 25.6 Å². The Bertz CT molecular complexity index is 1180. The van der Waals surface area contributed by atoms with Crippen molar-refractivity contribution >= 4 is 17.7 Å². The van der Waals surface area contributed by atoms with Crippen LogP contribution in [-0.4, -0.2) is 80.3 Å². The lowest BCUT2D eigenvalue weighted by atomic mass is 9.98. The maximum Gasteiger partial charge on any atom is 0.232 e. The van der Waals surface area contributed by atoms with E-state index in [-0.39, 0.29) is 31.2 Å². The Morgan fingerprint density at radius 2 is 1.62 bits per heavy atom. The predicted octanol–water partition coefficient (Wildman–Crippen LogP) is 4.21. The largest absolute Gasteiger partial charge is 0.497 e. The summed E-state index contributed by atoms with van der Waals surface area (Å²) in [5, 5.41) is 9.55. The zero-order valence-electron chi connectivity index (χ0n) is 22.3. The monoisotopic (exact) mass is 530 g/mol. The number of methoxy groups -OCH3 is 3. The van der Waals surface area contributed by atoms with E-state index in [1.807, 2.05) is 41.0 Å². The molecule has 1 heterocycles. The van der Waals surface area contributed by atoms with Gasteiger partial charge in [0.1, 0.15) is 17.2 Å². The van der Waals surface area contributed by atoms with Crippen LogP contribution in [0.1, 0.15) is 25.3 Å². The molecule has 0 spiro atoms. The van der Waals surface area contributed by atoms with Crippen molar-refractivity contribution < 1.29 is 28.5 Å². The molecule has 37 heavy (non-hydrogen) atoms. The van der Waals surface area contributed by atoms with Crippen molar-refractivity contribution in [1.29, 1.82) is 0 Å². The third kappa shape index (κ3) is 6.94. The molecule has 0 unspecified atom stereocenters. The number of hydrogen-bond donors (Lipinski definition) is 0. The van der Waals surface area contributed by atoms with E-state index in [0.717, 1.165) is 17.0 Å². The first kappa shape index (κ1) is 28.3. The number of benzene rings is 2. The molecule has 11 heteroatoms. The lowest BCUT2D eigenvalue weighted by molar-refractivity contribution is -0.125. The average molecular weight is 531 g/mol. The van der Waals surface area contributed by atoms with Gasteiger partial charge < -0.3 is 28.6 Å². The fraction of sp³-hybridized carbons (Fsp3) is 0.423. The molecule has 0 bridgehead atoms. The summed E-state index contributed by atoms with van der Waals surface area (Å²) < 4.78 is 29.3. The SMILES string of the molecule is COCOc1cc(OCOC)c(C(C)C)cc1-c1nnc(SCC(=O)N(C)C)n1-c1ccc(OC)cc1. The second-order valence-corrected chi connectivity index (χ2v) is 9.50. The van der Waals surface area contributed by atoms with Crippen molar-refractivity contribution in [2.45, 2.75) is 24.9 Å². The van der Waals surface area contributed by atoms with E-state index in [9.17, 15) is 4.79 Å². The molecule has 0 aliphatic rings. The van der Waals surface area contributed by atoms with Gasteiger partial charge >= 0.3 is 0 Å². The summed E-state index contributed by atoms with van der Waals surface area (Å²) in [6.45, 7) is 4.30. The first-order valence-electron chi connectivity index (χ1n) is 11.6. The zero-order valence-corrected chi connectivity index (χ0v) is 23.1. The molecule has 3 aromatic rings. The molecule has 0 aliphatic heterocycles. The molecular formula is C26H34N4O6S. The van der Waals surface area contributed by atoms with Gasteiger partial charge in [-0.2, -0.15) is 0 Å². The molecule has 3 rings (SSSR count). The van der Waals surface area contributed by atoms with Gasteiger partial charge in [0.15, 0.2) is 24.6 Å². The number of carbonyl (C=O) groups excluding carboxylic acids is 1. The highest BCUT2D eigenvalue weighted by molar-refractivity contribution is 7.99. The summed E-state index contributed by atoms with van der Waals surface area (Å²) in [5.41, 5.74) is 2.47. The standard InChI is InChI=1S/C26H34N4O6S/c1-17(2)20-12-21(23(36-16-33-6)13-22(20)35-15-32-5)25-27-28-26(37-14-24(31)29(3)4)30(25)18-8-10-19(34-7)11-9-18/h8-13,17H,14-16H2,1-7H3. The molecular weight excluding hydrogens is 496 g/mol. The third-order valence-electron chi connectivity index (χ3n) is 5.43. The number of hydrogen-bond acceptors (Lipinski definition) is 9. The molecule has 0 fully saturated rings. The molecule has 0 saturated carbocycles. The number of ether oxygens (including phenoxy) is 5. The predicted molar refractivity (Wildman–Crippen MR) is 142 cm³/mol. The number of carbonyl (C=O) groups is 1. The van der Waals surface area contributed by atoms with E-state index in [1.165, 1.54) is 11.8 Å². The zero-order chi connectivity index (χ0) is 26.9. The first-order chi connectivity index (χ1) is 17.8. The number of aromatic nitrogens is 3. The number of rotatable bonds is 13. The minimum Gasteiger partial charge on any atom is -0.497 e. The van der Waals surface area contributed by atoms with Gasteiger partial charge in [-0.05, 0) is 41.8 Å². The van der Waals surface area contributed by atoms with E-state index in [1.54, 1.807) is 40.3 Å². The van der Waals surface area contributed by atoms with Gasteiger partial charge in [0.2, 0.25) is 5.91 Å². The maximum atomic E-state index is 12.3. The molecule has 0 atom stereocenters. The topological polar surface area (TPSA) is 97.2 Å². The number of amides is 1. The van der Waals surface area contributed by atoms with Crippen molar-refractivity contribution in [1.82, 2.24) is 19.7 Å². The highest BCUT2D eigenvalue weighted by Crippen LogP contribution is 2.40. The van der Waals surface area contributed by atoms with Gasteiger partial charge in [0, 0.05) is 34.4 Å². The van der Waals surface area contributed by atoms with Crippen LogP contribution < -0.4 is 14.2 Å². The van der Waals surface area contributed by atoms with Crippen LogP contribution >= 0.6 is 11.8 Å². The second-order valence-electron chi connectivity index (χ2n) is 8.56. The van der Waals surface area contributed by atoms with Crippen molar-refractivity contribution in [3.63, 3.8) is 0 Å². The molecule has 2 aromatic carbocycles. The number of thioether (sulfide) groups is 1. The van der Waals surface area contributed by atoms with E-state index in [0.29, 0.717) is 28.0 Å². The summed E-state index contributed by atoms with van der Waals surface area (Å²) in [4.78, 5) is 13.9. The van der Waals surface area contributed by atoms with Crippen LogP contribution in [0.2, 0.25) is 0 Å². The maximum absolute atomic E-state index is 12.3. The Hall–Kier alpha value is -3.28. The molecule has 0 aliphatic carbocycles. The smallest absolute Gasteiger partial charge is 0.232 e. The van der Waals surface area contributed by atoms with Crippen LogP contribution in [0, 0.1) is 0 Å².